The molecular weight excluding hydrogens is 258 g/mol. The molecule has 0 radical (unpaired) electrons. The normalized spacial score (nSPS) is 11.6. The van der Waals surface area contributed by atoms with Crippen molar-refractivity contribution in [3.8, 4) is 11.5 Å². The molecule has 0 saturated heterocycles. The first-order chi connectivity index (χ1) is 7.72. The third-order valence-corrected chi connectivity index (χ3v) is 3.17. The number of rotatable bonds is 3. The zero-order chi connectivity index (χ0) is 11.5. The fourth-order valence-corrected chi connectivity index (χ4v) is 2.24. The predicted molar refractivity (Wildman–Crippen MR) is 72.3 cm³/mol. The third-order valence-electron chi connectivity index (χ3n) is 2.46. The van der Waals surface area contributed by atoms with Gasteiger partial charge in [-0.3, -0.25) is 0 Å². The van der Waals surface area contributed by atoms with Crippen LogP contribution in [0.2, 0.25) is 0 Å². The number of aromatic hydroxyl groups is 1. The summed E-state index contributed by atoms with van der Waals surface area (Å²) in [7, 11) is 1.52. The summed E-state index contributed by atoms with van der Waals surface area (Å²) in [6.45, 7) is 0. The average Bonchev–Trinajstić information content (AvgIpc) is 2.81. The quantitative estimate of drug-likeness (QED) is 0.902. The van der Waals surface area contributed by atoms with E-state index in [1.807, 2.05) is 22.9 Å². The molecule has 3 N–H and O–H groups in total. The van der Waals surface area contributed by atoms with Crippen LogP contribution < -0.4 is 10.5 Å². The third kappa shape index (κ3) is 2.91. The van der Waals surface area contributed by atoms with Gasteiger partial charge in [0.25, 0.3) is 0 Å². The summed E-state index contributed by atoms with van der Waals surface area (Å²) >= 11 is 1.61. The molecule has 0 unspecified atom stereocenters. The highest BCUT2D eigenvalue weighted by Crippen LogP contribution is 2.30. The number of hydrogen-bond acceptors (Lipinski definition) is 4. The van der Waals surface area contributed by atoms with Crippen LogP contribution in [0, 0.1) is 0 Å². The van der Waals surface area contributed by atoms with E-state index in [2.05, 4.69) is 0 Å². The van der Waals surface area contributed by atoms with Crippen LogP contribution in [0.1, 0.15) is 17.2 Å². The second kappa shape index (κ2) is 5.91. The number of nitrogens with two attached hydrogens (primary N) is 1. The van der Waals surface area contributed by atoms with Crippen molar-refractivity contribution in [2.75, 3.05) is 7.11 Å². The molecule has 0 aliphatic heterocycles. The molecule has 3 nitrogen and oxygen atoms in total. The van der Waals surface area contributed by atoms with Crippen LogP contribution in [0.25, 0.3) is 0 Å². The molecule has 2 rings (SSSR count). The minimum Gasteiger partial charge on any atom is -0.504 e. The Kier molecular flexibility index (Phi) is 4.81. The minimum absolute atomic E-state index is 0. The van der Waals surface area contributed by atoms with Crippen molar-refractivity contribution < 1.29 is 9.84 Å². The SMILES string of the molecule is COc1ccc([C@H](N)c2ccsc2)cc1O.Cl. The summed E-state index contributed by atoms with van der Waals surface area (Å²) in [6.07, 6.45) is 0. The molecule has 0 aliphatic rings. The van der Waals surface area contributed by atoms with Crippen LogP contribution in [0.4, 0.5) is 0 Å². The van der Waals surface area contributed by atoms with Gasteiger partial charge >= 0.3 is 0 Å². The van der Waals surface area contributed by atoms with E-state index in [0.29, 0.717) is 5.75 Å². The Morgan fingerprint density at radius 1 is 1.29 bits per heavy atom. The molecule has 5 heteroatoms. The molecule has 0 amide bonds. The topological polar surface area (TPSA) is 55.5 Å². The molecule has 92 valence electrons. The Hall–Kier alpha value is -1.23. The molecule has 2 aromatic rings. The molecule has 0 spiro atoms. The van der Waals surface area contributed by atoms with Gasteiger partial charge < -0.3 is 15.6 Å². The largest absolute Gasteiger partial charge is 0.504 e. The second-order valence-corrected chi connectivity index (χ2v) is 4.25. The van der Waals surface area contributed by atoms with Crippen LogP contribution in [0.15, 0.2) is 35.0 Å². The Balaban J connectivity index is 0.00000144. The maximum absolute atomic E-state index is 9.66. The monoisotopic (exact) mass is 271 g/mol. The molecule has 1 aromatic carbocycles. The lowest BCUT2D eigenvalue weighted by molar-refractivity contribution is 0.373. The van der Waals surface area contributed by atoms with Crippen molar-refractivity contribution in [1.29, 1.82) is 0 Å². The van der Waals surface area contributed by atoms with Crippen LogP contribution >= 0.6 is 23.7 Å². The molecule has 0 aliphatic carbocycles. The molecule has 0 fully saturated rings. The maximum Gasteiger partial charge on any atom is 0.160 e. The van der Waals surface area contributed by atoms with E-state index >= 15 is 0 Å². The van der Waals surface area contributed by atoms with Gasteiger partial charge in [-0.25, -0.2) is 0 Å². The standard InChI is InChI=1S/C12H13NO2S.ClH/c1-15-11-3-2-8(6-10(11)14)12(13)9-4-5-16-7-9;/h2-7,12,14H,13H2,1H3;1H/t12-;/m0./s1. The average molecular weight is 272 g/mol. The van der Waals surface area contributed by atoms with E-state index in [0.717, 1.165) is 11.1 Å². The van der Waals surface area contributed by atoms with Crippen molar-refractivity contribution in [1.82, 2.24) is 0 Å². The second-order valence-electron chi connectivity index (χ2n) is 3.47. The van der Waals surface area contributed by atoms with E-state index < -0.39 is 0 Å². The molecule has 17 heavy (non-hydrogen) atoms. The van der Waals surface area contributed by atoms with Gasteiger partial charge in [0, 0.05) is 0 Å². The number of methoxy groups -OCH3 is 1. The van der Waals surface area contributed by atoms with Crippen LogP contribution in [-0.2, 0) is 0 Å². The summed E-state index contributed by atoms with van der Waals surface area (Å²) in [6, 6.07) is 7.00. The van der Waals surface area contributed by atoms with Crippen LogP contribution in [0.3, 0.4) is 0 Å². The number of ether oxygens (including phenoxy) is 1. The van der Waals surface area contributed by atoms with Crippen molar-refractivity contribution in [2.45, 2.75) is 6.04 Å². The molecule has 1 heterocycles. The van der Waals surface area contributed by atoms with Gasteiger partial charge in [0.15, 0.2) is 11.5 Å². The molecule has 1 atom stereocenters. The Labute approximate surface area is 110 Å². The number of benzene rings is 1. The van der Waals surface area contributed by atoms with Crippen LogP contribution in [0.5, 0.6) is 11.5 Å². The number of thiophene rings is 1. The van der Waals surface area contributed by atoms with Gasteiger partial charge in [-0.15, -0.1) is 12.4 Å². The Morgan fingerprint density at radius 3 is 2.59 bits per heavy atom. The Morgan fingerprint density at radius 2 is 2.06 bits per heavy atom. The van der Waals surface area contributed by atoms with Crippen molar-refractivity contribution in [2.24, 2.45) is 5.73 Å². The van der Waals surface area contributed by atoms with Crippen LogP contribution in [-0.4, -0.2) is 12.2 Å². The summed E-state index contributed by atoms with van der Waals surface area (Å²) in [4.78, 5) is 0. The zero-order valence-corrected chi connectivity index (χ0v) is 10.9. The van der Waals surface area contributed by atoms with Gasteiger partial charge in [0.1, 0.15) is 0 Å². The summed E-state index contributed by atoms with van der Waals surface area (Å²) < 4.78 is 4.98. The highest BCUT2D eigenvalue weighted by atomic mass is 35.5. The van der Waals surface area contributed by atoms with E-state index in [1.54, 1.807) is 23.5 Å². The van der Waals surface area contributed by atoms with E-state index in [9.17, 15) is 5.11 Å². The lowest BCUT2D eigenvalue weighted by Gasteiger charge is -2.12. The number of phenolic OH excluding ortho intramolecular Hbond substituents is 1. The number of hydrogen-bond donors (Lipinski definition) is 2. The predicted octanol–water partition coefficient (Wildman–Crippen LogP) is 2.93. The summed E-state index contributed by atoms with van der Waals surface area (Å²) in [5.41, 5.74) is 8.00. The molecule has 0 saturated carbocycles. The Bertz CT molecular complexity index is 473. The van der Waals surface area contributed by atoms with Gasteiger partial charge in [0.05, 0.1) is 13.2 Å². The fourth-order valence-electron chi connectivity index (χ4n) is 1.54. The van der Waals surface area contributed by atoms with Gasteiger partial charge in [0.2, 0.25) is 0 Å². The van der Waals surface area contributed by atoms with E-state index in [-0.39, 0.29) is 24.2 Å². The van der Waals surface area contributed by atoms with E-state index in [1.165, 1.54) is 7.11 Å². The van der Waals surface area contributed by atoms with Crippen molar-refractivity contribution >= 4 is 23.7 Å². The fraction of sp³-hybridized carbons (Fsp3) is 0.167. The van der Waals surface area contributed by atoms with Crippen molar-refractivity contribution in [3.63, 3.8) is 0 Å². The maximum atomic E-state index is 9.66. The summed E-state index contributed by atoms with van der Waals surface area (Å²) in [5.74, 6) is 0.576. The molecule has 0 bridgehead atoms. The highest BCUT2D eigenvalue weighted by Gasteiger charge is 2.11. The first-order valence-electron chi connectivity index (χ1n) is 4.87. The first kappa shape index (κ1) is 13.8. The zero-order valence-electron chi connectivity index (χ0n) is 9.29. The lowest BCUT2D eigenvalue weighted by Crippen LogP contribution is -2.10. The van der Waals surface area contributed by atoms with Crippen molar-refractivity contribution in [3.05, 3.63) is 46.2 Å². The smallest absolute Gasteiger partial charge is 0.160 e. The first-order valence-corrected chi connectivity index (χ1v) is 5.81. The lowest BCUT2D eigenvalue weighted by atomic mass is 10.0. The molecule has 1 aromatic heterocycles. The van der Waals surface area contributed by atoms with Gasteiger partial charge in [-0.05, 0) is 40.1 Å². The highest BCUT2D eigenvalue weighted by molar-refractivity contribution is 7.08. The minimum atomic E-state index is -0.206. The summed E-state index contributed by atoms with van der Waals surface area (Å²) in [5, 5.41) is 13.7. The van der Waals surface area contributed by atoms with Gasteiger partial charge in [-0.2, -0.15) is 11.3 Å². The number of halogens is 1. The molecular formula is C12H14ClNO2S. The van der Waals surface area contributed by atoms with Gasteiger partial charge in [-0.1, -0.05) is 6.07 Å². The number of phenols is 1. The van der Waals surface area contributed by atoms with E-state index in [4.69, 9.17) is 10.5 Å².